The number of anilines is 1. The van der Waals surface area contributed by atoms with Crippen molar-refractivity contribution >= 4 is 23.1 Å². The molecule has 2 atom stereocenters. The van der Waals surface area contributed by atoms with Crippen LogP contribution in [0.5, 0.6) is 0 Å². The van der Waals surface area contributed by atoms with Gasteiger partial charge in [-0.3, -0.25) is 15.2 Å². The van der Waals surface area contributed by atoms with Crippen LogP contribution in [-0.2, 0) is 16.7 Å². The van der Waals surface area contributed by atoms with Gasteiger partial charge in [0.05, 0.1) is 5.41 Å². The highest BCUT2D eigenvalue weighted by atomic mass is 32.1. The van der Waals surface area contributed by atoms with Gasteiger partial charge in [-0.15, -0.1) is 11.3 Å². The number of nitrogens with zero attached hydrogens (tertiary/aromatic N) is 2. The molecule has 1 amide bonds. The summed E-state index contributed by atoms with van der Waals surface area (Å²) in [5.74, 6) is -4.31. The first-order valence-electron chi connectivity index (χ1n) is 12.5. The van der Waals surface area contributed by atoms with Crippen LogP contribution in [0.15, 0.2) is 60.8 Å². The van der Waals surface area contributed by atoms with Crippen molar-refractivity contribution < 1.29 is 31.5 Å². The first-order chi connectivity index (χ1) is 18.3. The second-order valence-corrected chi connectivity index (χ2v) is 11.5. The Morgan fingerprint density at radius 3 is 2.41 bits per heavy atom. The summed E-state index contributed by atoms with van der Waals surface area (Å²) in [6.07, 6.45) is -6.00. The minimum absolute atomic E-state index is 0.0135. The number of halogens is 5. The second kappa shape index (κ2) is 10.8. The van der Waals surface area contributed by atoms with E-state index in [9.17, 15) is 22.4 Å². The molecule has 210 valence electrons. The number of nitrogens with one attached hydrogen (secondary N) is 1. The van der Waals surface area contributed by atoms with Crippen molar-refractivity contribution in [1.82, 2.24) is 9.88 Å². The Bertz CT molecular complexity index is 1280. The van der Waals surface area contributed by atoms with E-state index in [2.05, 4.69) is 10.3 Å². The Morgan fingerprint density at radius 2 is 1.82 bits per heavy atom. The standard InChI is InChI=1S/C28H30F5N3O2S/c1-19-9-10-20(17-34-19)25(2,3)36-16-15-26(18-36,14-13-22-11-12-23(29)39-22)27(30,28(31,32)33)38-24(37)35-21-7-5-4-6-8-21/h4-12,17H,13-16,18H2,1-3H3,(H,35,37). The van der Waals surface area contributed by atoms with Gasteiger partial charge in [0, 0.05) is 34.5 Å². The topological polar surface area (TPSA) is 54.5 Å². The van der Waals surface area contributed by atoms with E-state index in [1.165, 1.54) is 24.3 Å². The molecule has 1 fully saturated rings. The van der Waals surface area contributed by atoms with Gasteiger partial charge in [-0.05, 0) is 82.5 Å². The third-order valence-corrected chi connectivity index (χ3v) is 8.47. The van der Waals surface area contributed by atoms with Gasteiger partial charge in [-0.2, -0.15) is 22.0 Å². The molecule has 0 spiro atoms. The van der Waals surface area contributed by atoms with Crippen LogP contribution in [0.3, 0.4) is 0 Å². The van der Waals surface area contributed by atoms with E-state index in [1.54, 1.807) is 35.4 Å². The molecule has 0 bridgehead atoms. The Kier molecular flexibility index (Phi) is 8.05. The molecule has 39 heavy (non-hydrogen) atoms. The molecule has 11 heteroatoms. The lowest BCUT2D eigenvalue weighted by Gasteiger charge is -2.44. The number of carbonyl (C=O) groups excluding carboxylic acids is 1. The summed E-state index contributed by atoms with van der Waals surface area (Å²) in [4.78, 5) is 19.2. The zero-order valence-corrected chi connectivity index (χ0v) is 22.6. The maximum absolute atomic E-state index is 16.6. The summed E-state index contributed by atoms with van der Waals surface area (Å²) in [6, 6.07) is 14.0. The molecule has 3 aromatic rings. The van der Waals surface area contributed by atoms with E-state index in [-0.39, 0.29) is 38.0 Å². The quantitative estimate of drug-likeness (QED) is 0.285. The fourth-order valence-corrected chi connectivity index (χ4v) is 5.82. The number of hydrogen-bond donors (Lipinski definition) is 1. The van der Waals surface area contributed by atoms with Crippen LogP contribution in [0.25, 0.3) is 0 Å². The predicted molar refractivity (Wildman–Crippen MR) is 140 cm³/mol. The molecule has 5 nitrogen and oxygen atoms in total. The van der Waals surface area contributed by atoms with Crippen LogP contribution in [-0.4, -0.2) is 41.1 Å². The summed E-state index contributed by atoms with van der Waals surface area (Å²) in [7, 11) is 0. The summed E-state index contributed by atoms with van der Waals surface area (Å²) in [5, 5.41) is 1.70. The van der Waals surface area contributed by atoms with Gasteiger partial charge in [-0.1, -0.05) is 24.3 Å². The molecule has 4 rings (SSSR count). The van der Waals surface area contributed by atoms with Gasteiger partial charge in [0.15, 0.2) is 5.13 Å². The van der Waals surface area contributed by atoms with Crippen LogP contribution in [0.2, 0.25) is 0 Å². The highest BCUT2D eigenvalue weighted by Crippen LogP contribution is 2.56. The summed E-state index contributed by atoms with van der Waals surface area (Å²) >= 11 is 0.796. The lowest BCUT2D eigenvalue weighted by Crippen LogP contribution is -2.60. The molecule has 2 aromatic heterocycles. The summed E-state index contributed by atoms with van der Waals surface area (Å²) in [6.45, 7) is 5.26. The molecule has 0 saturated carbocycles. The number of hydrogen-bond acceptors (Lipinski definition) is 5. The van der Waals surface area contributed by atoms with Crippen molar-refractivity contribution in [3.05, 3.63) is 82.1 Å². The fourth-order valence-electron chi connectivity index (χ4n) is 5.10. The Balaban J connectivity index is 1.69. The molecule has 1 aliphatic heterocycles. The van der Waals surface area contributed by atoms with Crippen LogP contribution < -0.4 is 5.32 Å². The number of alkyl halides is 4. The van der Waals surface area contributed by atoms with E-state index in [0.29, 0.717) is 4.88 Å². The monoisotopic (exact) mass is 567 g/mol. The number of aryl methyl sites for hydroxylation is 2. The number of para-hydroxylation sites is 1. The number of pyridine rings is 1. The van der Waals surface area contributed by atoms with Crippen LogP contribution >= 0.6 is 11.3 Å². The third kappa shape index (κ3) is 5.94. The van der Waals surface area contributed by atoms with Gasteiger partial charge >= 0.3 is 18.1 Å². The number of thiophene rings is 1. The first kappa shape index (κ1) is 28.9. The Morgan fingerprint density at radius 1 is 1.10 bits per heavy atom. The lowest BCUT2D eigenvalue weighted by atomic mass is 9.74. The maximum atomic E-state index is 16.6. The fraction of sp³-hybridized carbons (Fsp3) is 0.429. The molecule has 0 aliphatic carbocycles. The van der Waals surface area contributed by atoms with Crippen molar-refractivity contribution in [3.8, 4) is 0 Å². The number of likely N-dealkylation sites (tertiary alicyclic amines) is 1. The van der Waals surface area contributed by atoms with Gasteiger partial charge < -0.3 is 4.74 Å². The normalized spacial score (nSPS) is 20.0. The van der Waals surface area contributed by atoms with E-state index in [1.807, 2.05) is 26.8 Å². The number of ether oxygens (including phenoxy) is 1. The minimum Gasteiger partial charge on any atom is -0.402 e. The SMILES string of the molecule is Cc1ccc(C(C)(C)N2CCC(CCc3ccc(F)s3)(C(F)(OC(=O)Nc3ccccc3)C(F)(F)F)C2)cn1. The third-order valence-electron chi connectivity index (χ3n) is 7.54. The molecular formula is C28H30F5N3O2S. The van der Waals surface area contributed by atoms with Gasteiger partial charge in [-0.25, -0.2) is 4.79 Å². The largest absolute Gasteiger partial charge is 0.461 e. The molecule has 1 N–H and O–H groups in total. The van der Waals surface area contributed by atoms with Gasteiger partial charge in [0.1, 0.15) is 0 Å². The van der Waals surface area contributed by atoms with Crippen molar-refractivity contribution in [2.45, 2.75) is 57.6 Å². The van der Waals surface area contributed by atoms with Crippen LogP contribution in [0, 0.1) is 17.5 Å². The number of rotatable bonds is 8. The van der Waals surface area contributed by atoms with Crippen LogP contribution in [0.4, 0.5) is 32.4 Å². The van der Waals surface area contributed by atoms with E-state index >= 15 is 4.39 Å². The maximum Gasteiger partial charge on any atom is 0.461 e. The Labute approximate surface area is 228 Å². The number of benzene rings is 1. The molecule has 0 radical (unpaired) electrons. The second-order valence-electron chi connectivity index (χ2n) is 10.4. The summed E-state index contributed by atoms with van der Waals surface area (Å²) < 4.78 is 78.9. The van der Waals surface area contributed by atoms with E-state index < -0.39 is 34.2 Å². The smallest absolute Gasteiger partial charge is 0.402 e. The van der Waals surface area contributed by atoms with Crippen molar-refractivity contribution in [2.75, 3.05) is 18.4 Å². The van der Waals surface area contributed by atoms with Gasteiger partial charge in [0.2, 0.25) is 0 Å². The average molecular weight is 568 g/mol. The molecule has 1 aromatic carbocycles. The van der Waals surface area contributed by atoms with Crippen molar-refractivity contribution in [1.29, 1.82) is 0 Å². The number of carbonyl (C=O) groups is 1. The van der Waals surface area contributed by atoms with Crippen molar-refractivity contribution in [3.63, 3.8) is 0 Å². The predicted octanol–water partition coefficient (Wildman–Crippen LogP) is 7.63. The molecule has 2 unspecified atom stereocenters. The molecule has 3 heterocycles. The molecular weight excluding hydrogens is 537 g/mol. The number of aromatic nitrogens is 1. The Hall–Kier alpha value is -3.05. The average Bonchev–Trinajstić information content (AvgIpc) is 3.50. The molecule has 1 aliphatic rings. The van der Waals surface area contributed by atoms with Gasteiger partial charge in [0.25, 0.3) is 0 Å². The van der Waals surface area contributed by atoms with Crippen molar-refractivity contribution in [2.24, 2.45) is 5.41 Å². The van der Waals surface area contributed by atoms with E-state index in [4.69, 9.17) is 4.74 Å². The minimum atomic E-state index is -5.53. The van der Waals surface area contributed by atoms with Crippen LogP contribution in [0.1, 0.15) is 42.8 Å². The van der Waals surface area contributed by atoms with E-state index in [0.717, 1.165) is 22.6 Å². The number of amides is 1. The lowest BCUT2D eigenvalue weighted by molar-refractivity contribution is -0.354. The summed E-state index contributed by atoms with van der Waals surface area (Å²) in [5.41, 5.74) is -1.25. The first-order valence-corrected chi connectivity index (χ1v) is 13.3. The zero-order chi connectivity index (χ0) is 28.5. The zero-order valence-electron chi connectivity index (χ0n) is 21.8. The highest BCUT2D eigenvalue weighted by molar-refractivity contribution is 7.10. The molecule has 1 saturated heterocycles. The highest BCUT2D eigenvalue weighted by Gasteiger charge is 2.73.